The number of hydrogen-bond donors (Lipinski definition) is 2. The summed E-state index contributed by atoms with van der Waals surface area (Å²) in [6.07, 6.45) is 0. The minimum absolute atomic E-state index is 0.357. The molecule has 0 fully saturated rings. The van der Waals surface area contributed by atoms with Gasteiger partial charge in [0.2, 0.25) is 0 Å². The minimum Gasteiger partial charge on any atom is -0.465 e. The number of rotatable bonds is 6. The molecule has 5 nitrogen and oxygen atoms in total. The van der Waals surface area contributed by atoms with E-state index in [-0.39, 0.29) is 5.97 Å². The summed E-state index contributed by atoms with van der Waals surface area (Å²) >= 11 is 0. The van der Waals surface area contributed by atoms with Gasteiger partial charge in [0.25, 0.3) is 0 Å². The van der Waals surface area contributed by atoms with Crippen molar-refractivity contribution in [3.63, 3.8) is 0 Å². The quantitative estimate of drug-likeness (QED) is 0.200. The molecule has 0 saturated heterocycles. The molecule has 0 aliphatic rings. The lowest BCUT2D eigenvalue weighted by atomic mass is 9.91. The summed E-state index contributed by atoms with van der Waals surface area (Å²) in [5, 5.41) is 8.74. The zero-order valence-corrected chi connectivity index (χ0v) is 19.3. The van der Waals surface area contributed by atoms with Gasteiger partial charge in [-0.25, -0.2) is 9.21 Å². The molecule has 1 aromatic heterocycles. The number of aryl methyl sites for hydroxylation is 2. The molecule has 4 rings (SSSR count). The van der Waals surface area contributed by atoms with Gasteiger partial charge in [-0.2, -0.15) is 0 Å². The molecule has 0 aliphatic carbocycles. The van der Waals surface area contributed by atoms with Crippen molar-refractivity contribution in [2.24, 2.45) is 0 Å². The minimum atomic E-state index is -0.357. The molecule has 0 bridgehead atoms. The van der Waals surface area contributed by atoms with Crippen LogP contribution in [0.1, 0.15) is 35.3 Å². The second-order valence-corrected chi connectivity index (χ2v) is 7.90. The first-order valence-electron chi connectivity index (χ1n) is 11.0. The molecule has 4 aromatic rings. The first-order chi connectivity index (χ1) is 15.5. The van der Waals surface area contributed by atoms with Crippen LogP contribution in [0.4, 0.5) is 11.4 Å². The van der Waals surface area contributed by atoms with Gasteiger partial charge in [0.05, 0.1) is 35.6 Å². The van der Waals surface area contributed by atoms with Crippen LogP contribution in [-0.2, 0) is 4.74 Å². The molecule has 0 aliphatic heterocycles. The van der Waals surface area contributed by atoms with Gasteiger partial charge in [0.15, 0.2) is 0 Å². The molecule has 0 saturated carbocycles. The number of ether oxygens (including phenoxy) is 1. The predicted molar refractivity (Wildman–Crippen MR) is 133 cm³/mol. The summed E-state index contributed by atoms with van der Waals surface area (Å²) in [5.74, 6) is -0.357. The Morgan fingerprint density at radius 1 is 0.875 bits per heavy atom. The highest BCUT2D eigenvalue weighted by Gasteiger charge is 2.25. The van der Waals surface area contributed by atoms with Crippen LogP contribution in [-0.4, -0.2) is 26.2 Å². The number of fused-ring (bicyclic) bond motifs is 2. The number of benzene rings is 3. The van der Waals surface area contributed by atoms with Gasteiger partial charge >= 0.3 is 17.1 Å². The number of anilines is 2. The monoisotopic (exact) mass is 429 g/mol. The largest absolute Gasteiger partial charge is 0.465 e. The van der Waals surface area contributed by atoms with Crippen molar-refractivity contribution in [2.75, 3.05) is 30.8 Å². The summed E-state index contributed by atoms with van der Waals surface area (Å²) in [4.78, 5) is 12.6. The Hall–Kier alpha value is -3.60. The fraction of sp³-hybridized carbons (Fsp3) is 0.259. The Morgan fingerprint density at radius 3 is 1.91 bits per heavy atom. The van der Waals surface area contributed by atoms with Crippen molar-refractivity contribution in [1.82, 2.24) is 0 Å². The number of carbonyl (C=O) groups is 1. The molecule has 2 N–H and O–H groups in total. The SMILES string of the molecule is CCNc1cc2[o+]c3cc(NCC)c(C)cc3c(-c3ccccc3C(=O)OC)c2cc1C. The van der Waals surface area contributed by atoms with Crippen molar-refractivity contribution >= 4 is 39.3 Å². The average molecular weight is 430 g/mol. The van der Waals surface area contributed by atoms with Crippen LogP contribution in [0.15, 0.2) is 52.9 Å². The van der Waals surface area contributed by atoms with E-state index in [2.05, 4.69) is 50.5 Å². The summed E-state index contributed by atoms with van der Waals surface area (Å²) < 4.78 is 11.5. The molecule has 5 heteroatoms. The number of methoxy groups -OCH3 is 1. The lowest BCUT2D eigenvalue weighted by molar-refractivity contribution is 0.0601. The van der Waals surface area contributed by atoms with Crippen molar-refractivity contribution in [3.8, 4) is 11.1 Å². The van der Waals surface area contributed by atoms with Gasteiger partial charge < -0.3 is 15.4 Å². The third kappa shape index (κ3) is 3.75. The predicted octanol–water partition coefficient (Wildman–Crippen LogP) is 6.80. The van der Waals surface area contributed by atoms with Gasteiger partial charge in [-0.3, -0.25) is 0 Å². The maximum atomic E-state index is 12.6. The number of esters is 1. The first-order valence-corrected chi connectivity index (χ1v) is 11.0. The second kappa shape index (κ2) is 8.87. The van der Waals surface area contributed by atoms with E-state index >= 15 is 0 Å². The molecule has 32 heavy (non-hydrogen) atoms. The second-order valence-electron chi connectivity index (χ2n) is 7.90. The van der Waals surface area contributed by atoms with E-state index in [1.165, 1.54) is 7.11 Å². The molecule has 0 atom stereocenters. The van der Waals surface area contributed by atoms with Gasteiger partial charge in [0, 0.05) is 30.0 Å². The van der Waals surface area contributed by atoms with Crippen molar-refractivity contribution in [1.29, 1.82) is 0 Å². The molecule has 0 unspecified atom stereocenters. The lowest BCUT2D eigenvalue weighted by Crippen LogP contribution is -2.04. The van der Waals surface area contributed by atoms with E-state index in [1.54, 1.807) is 0 Å². The summed E-state index contributed by atoms with van der Waals surface area (Å²) in [6.45, 7) is 9.95. The zero-order chi connectivity index (χ0) is 22.8. The van der Waals surface area contributed by atoms with E-state index in [4.69, 9.17) is 9.15 Å². The Bertz CT molecular complexity index is 1260. The van der Waals surface area contributed by atoms with E-state index < -0.39 is 0 Å². The lowest BCUT2D eigenvalue weighted by Gasteiger charge is -2.13. The van der Waals surface area contributed by atoms with Crippen LogP contribution in [0.25, 0.3) is 33.1 Å². The number of nitrogens with one attached hydrogen (secondary N) is 2. The normalized spacial score (nSPS) is 11.0. The highest BCUT2D eigenvalue weighted by molar-refractivity contribution is 6.13. The average Bonchev–Trinajstić information content (AvgIpc) is 2.79. The first kappa shape index (κ1) is 21.6. The standard InChI is InChI=1S/C27H29N2O3/c1-6-28-22-14-24-20(12-16(22)3)26(18-10-8-9-11-19(18)27(30)31-5)21-13-17(4)23(29-7-2)15-25(21)32-24/h8-15,28-29H,6-7H2,1-5H3/q+1. The van der Waals surface area contributed by atoms with Crippen LogP contribution in [0.5, 0.6) is 0 Å². The van der Waals surface area contributed by atoms with Crippen molar-refractivity contribution in [2.45, 2.75) is 27.7 Å². The Morgan fingerprint density at radius 2 is 1.41 bits per heavy atom. The van der Waals surface area contributed by atoms with Crippen molar-refractivity contribution in [3.05, 3.63) is 65.2 Å². The summed E-state index contributed by atoms with van der Waals surface area (Å²) in [5.41, 5.74) is 8.17. The Kier molecular flexibility index (Phi) is 5.99. The fourth-order valence-electron chi connectivity index (χ4n) is 4.24. The molecular weight excluding hydrogens is 400 g/mol. The van der Waals surface area contributed by atoms with E-state index in [9.17, 15) is 4.79 Å². The molecule has 164 valence electrons. The van der Waals surface area contributed by atoms with Crippen LogP contribution >= 0.6 is 0 Å². The Labute approximate surface area is 188 Å². The molecule has 1 heterocycles. The Balaban J connectivity index is 2.16. The van der Waals surface area contributed by atoms with Crippen LogP contribution in [0.2, 0.25) is 0 Å². The van der Waals surface area contributed by atoms with Crippen molar-refractivity contribution < 1.29 is 13.9 Å². The zero-order valence-electron chi connectivity index (χ0n) is 19.3. The molecule has 0 spiro atoms. The molecular formula is C27H29N2O3+. The highest BCUT2D eigenvalue weighted by atomic mass is 16.5. The van der Waals surface area contributed by atoms with Crippen LogP contribution in [0.3, 0.4) is 0 Å². The van der Waals surface area contributed by atoms with E-state index in [1.807, 2.05) is 36.4 Å². The maximum Gasteiger partial charge on any atom is 0.363 e. The summed E-state index contributed by atoms with van der Waals surface area (Å²) in [7, 11) is 1.41. The van der Waals surface area contributed by atoms with Gasteiger partial charge in [-0.15, -0.1) is 0 Å². The molecule has 3 aromatic carbocycles. The summed E-state index contributed by atoms with van der Waals surface area (Å²) in [6, 6.07) is 15.9. The number of carbonyl (C=O) groups excluding carboxylic acids is 1. The maximum absolute atomic E-state index is 12.6. The van der Waals surface area contributed by atoms with Gasteiger partial charge in [0.1, 0.15) is 0 Å². The number of hydrogen-bond acceptors (Lipinski definition) is 4. The topological polar surface area (TPSA) is 61.7 Å². The van der Waals surface area contributed by atoms with Gasteiger partial charge in [-0.05, 0) is 62.6 Å². The van der Waals surface area contributed by atoms with Crippen LogP contribution in [0, 0.1) is 13.8 Å². The molecule has 0 radical (unpaired) electrons. The highest BCUT2D eigenvalue weighted by Crippen LogP contribution is 2.41. The molecule has 0 amide bonds. The van der Waals surface area contributed by atoms with E-state index in [0.717, 1.165) is 68.7 Å². The fourth-order valence-corrected chi connectivity index (χ4v) is 4.24. The van der Waals surface area contributed by atoms with Crippen LogP contribution < -0.4 is 10.6 Å². The smallest absolute Gasteiger partial charge is 0.363 e. The third-order valence-corrected chi connectivity index (χ3v) is 5.75. The van der Waals surface area contributed by atoms with Gasteiger partial charge in [-0.1, -0.05) is 18.2 Å². The third-order valence-electron chi connectivity index (χ3n) is 5.75. The van der Waals surface area contributed by atoms with E-state index in [0.29, 0.717) is 5.56 Å².